The monoisotopic (exact) mass is 407 g/mol. The van der Waals surface area contributed by atoms with E-state index in [4.69, 9.17) is 4.52 Å². The molecular weight excluding hydrogens is 382 g/mol. The number of hydrogen-bond donors (Lipinski definition) is 2. The lowest BCUT2D eigenvalue weighted by Crippen LogP contribution is -2.53. The highest BCUT2D eigenvalue weighted by Gasteiger charge is 2.20. The molecule has 2 aromatic heterocycles. The maximum absolute atomic E-state index is 12.2. The molecule has 1 aliphatic rings. The summed E-state index contributed by atoms with van der Waals surface area (Å²) in [5.74, 6) is 0.765. The molecule has 0 amide bonds. The number of nitrogens with zero attached hydrogens (tertiary/aromatic N) is 5. The van der Waals surface area contributed by atoms with Crippen molar-refractivity contribution >= 4 is 16.0 Å². The van der Waals surface area contributed by atoms with E-state index in [9.17, 15) is 8.42 Å². The number of guanidine groups is 1. The predicted octanol–water partition coefficient (Wildman–Crippen LogP) is -0.259. The van der Waals surface area contributed by atoms with Gasteiger partial charge in [0, 0.05) is 71.3 Å². The van der Waals surface area contributed by atoms with E-state index in [1.165, 1.54) is 18.5 Å². The fourth-order valence-electron chi connectivity index (χ4n) is 2.95. The summed E-state index contributed by atoms with van der Waals surface area (Å²) in [6.45, 7) is 4.90. The Morgan fingerprint density at radius 3 is 2.71 bits per heavy atom. The summed E-state index contributed by atoms with van der Waals surface area (Å²) in [6.07, 6.45) is 4.45. The fourth-order valence-corrected chi connectivity index (χ4v) is 3.94. The van der Waals surface area contributed by atoms with Gasteiger partial charge in [0.1, 0.15) is 11.2 Å². The lowest BCUT2D eigenvalue weighted by Gasteiger charge is -2.36. The maximum atomic E-state index is 12.2. The number of pyridine rings is 1. The molecule has 0 bridgehead atoms. The van der Waals surface area contributed by atoms with Gasteiger partial charge in [-0.15, -0.1) is 0 Å². The van der Waals surface area contributed by atoms with E-state index in [-0.39, 0.29) is 11.4 Å². The van der Waals surface area contributed by atoms with Crippen LogP contribution in [0.3, 0.4) is 0 Å². The lowest BCUT2D eigenvalue weighted by atomic mass is 10.3. The predicted molar refractivity (Wildman–Crippen MR) is 104 cm³/mol. The smallest absolute Gasteiger partial charge is 0.242 e. The largest absolute Gasteiger partial charge is 0.364 e. The van der Waals surface area contributed by atoms with Crippen molar-refractivity contribution in [3.05, 3.63) is 42.5 Å². The Labute approximate surface area is 164 Å². The summed E-state index contributed by atoms with van der Waals surface area (Å²) >= 11 is 0. The van der Waals surface area contributed by atoms with Crippen molar-refractivity contribution in [1.82, 2.24) is 30.0 Å². The Bertz CT molecular complexity index is 848. The van der Waals surface area contributed by atoms with Crippen LogP contribution in [0.4, 0.5) is 0 Å². The SMILES string of the molecule is CN=C(NCCNS(=O)(=O)c1cccnc1)N1CCN(Cc2ccon2)CC1. The molecule has 0 spiro atoms. The van der Waals surface area contributed by atoms with Gasteiger partial charge in [0.15, 0.2) is 5.96 Å². The summed E-state index contributed by atoms with van der Waals surface area (Å²) in [7, 11) is -1.82. The zero-order chi connectivity index (χ0) is 19.8. The fraction of sp³-hybridized carbons (Fsp3) is 0.471. The normalized spacial score (nSPS) is 16.3. The Morgan fingerprint density at radius 2 is 2.07 bits per heavy atom. The molecule has 28 heavy (non-hydrogen) atoms. The van der Waals surface area contributed by atoms with Crippen molar-refractivity contribution in [1.29, 1.82) is 0 Å². The molecule has 0 aliphatic carbocycles. The van der Waals surface area contributed by atoms with E-state index in [1.807, 2.05) is 6.07 Å². The van der Waals surface area contributed by atoms with Gasteiger partial charge in [-0.05, 0) is 12.1 Å². The van der Waals surface area contributed by atoms with E-state index in [1.54, 1.807) is 19.4 Å². The van der Waals surface area contributed by atoms with E-state index in [2.05, 4.69) is 35.0 Å². The zero-order valence-corrected chi connectivity index (χ0v) is 16.6. The molecule has 0 radical (unpaired) electrons. The molecule has 2 aromatic rings. The van der Waals surface area contributed by atoms with Crippen molar-refractivity contribution < 1.29 is 12.9 Å². The van der Waals surface area contributed by atoms with Gasteiger partial charge in [-0.25, -0.2) is 13.1 Å². The van der Waals surface area contributed by atoms with Crippen LogP contribution in [0.1, 0.15) is 5.69 Å². The minimum absolute atomic E-state index is 0.155. The molecule has 1 fully saturated rings. The number of rotatable bonds is 7. The van der Waals surface area contributed by atoms with Gasteiger partial charge < -0.3 is 14.7 Å². The van der Waals surface area contributed by atoms with E-state index >= 15 is 0 Å². The van der Waals surface area contributed by atoms with Gasteiger partial charge >= 0.3 is 0 Å². The second kappa shape index (κ2) is 9.62. The van der Waals surface area contributed by atoms with Gasteiger partial charge in [-0.3, -0.25) is 14.9 Å². The summed E-state index contributed by atoms with van der Waals surface area (Å²) in [6, 6.07) is 4.98. The average Bonchev–Trinajstić information content (AvgIpc) is 3.23. The van der Waals surface area contributed by atoms with Gasteiger partial charge in [0.05, 0.1) is 5.69 Å². The second-order valence-electron chi connectivity index (χ2n) is 6.31. The first-order valence-electron chi connectivity index (χ1n) is 9.05. The van der Waals surface area contributed by atoms with Crippen LogP contribution in [0.5, 0.6) is 0 Å². The van der Waals surface area contributed by atoms with Crippen molar-refractivity contribution in [3.8, 4) is 0 Å². The van der Waals surface area contributed by atoms with Crippen LogP contribution < -0.4 is 10.0 Å². The summed E-state index contributed by atoms with van der Waals surface area (Å²) < 4.78 is 31.8. The molecule has 1 aliphatic heterocycles. The van der Waals surface area contributed by atoms with Crippen molar-refractivity contribution in [2.45, 2.75) is 11.4 Å². The third-order valence-electron chi connectivity index (χ3n) is 4.41. The quantitative estimate of drug-likeness (QED) is 0.366. The molecule has 152 valence electrons. The van der Waals surface area contributed by atoms with Crippen LogP contribution in [0.2, 0.25) is 0 Å². The molecular formula is C17H25N7O3S. The number of piperazine rings is 1. The molecule has 2 N–H and O–H groups in total. The Balaban J connectivity index is 1.40. The van der Waals surface area contributed by atoms with E-state index in [0.29, 0.717) is 6.54 Å². The van der Waals surface area contributed by atoms with Crippen LogP contribution in [0.15, 0.2) is 51.3 Å². The Kier molecular flexibility index (Phi) is 6.95. The summed E-state index contributed by atoms with van der Waals surface area (Å²) in [5.41, 5.74) is 0.928. The molecule has 0 saturated carbocycles. The third kappa shape index (κ3) is 5.50. The minimum Gasteiger partial charge on any atom is -0.364 e. The summed E-state index contributed by atoms with van der Waals surface area (Å²) in [5, 5.41) is 7.16. The minimum atomic E-state index is -3.55. The maximum Gasteiger partial charge on any atom is 0.242 e. The standard InChI is InChI=1S/C17H25N7O3S/c1-18-17(20-6-7-21-28(25,26)16-3-2-5-19-13-16)24-10-8-23(9-11-24)14-15-4-12-27-22-15/h2-5,12-13,21H,6-11,14H2,1H3,(H,18,20). The van der Waals surface area contributed by atoms with Gasteiger partial charge in [0.2, 0.25) is 10.0 Å². The molecule has 10 nitrogen and oxygen atoms in total. The van der Waals surface area contributed by atoms with Crippen LogP contribution in [0.25, 0.3) is 0 Å². The lowest BCUT2D eigenvalue weighted by molar-refractivity contribution is 0.169. The number of aliphatic imine (C=N–C) groups is 1. The van der Waals surface area contributed by atoms with Gasteiger partial charge in [0.25, 0.3) is 0 Å². The first-order valence-corrected chi connectivity index (χ1v) is 10.5. The molecule has 0 atom stereocenters. The first-order chi connectivity index (χ1) is 13.6. The highest BCUT2D eigenvalue weighted by atomic mass is 32.2. The molecule has 3 rings (SSSR count). The molecule has 0 aromatic carbocycles. The third-order valence-corrected chi connectivity index (χ3v) is 5.85. The van der Waals surface area contributed by atoms with Gasteiger partial charge in [-0.1, -0.05) is 5.16 Å². The molecule has 0 unspecified atom stereocenters. The second-order valence-corrected chi connectivity index (χ2v) is 8.08. The molecule has 3 heterocycles. The number of hydrogen-bond acceptors (Lipinski definition) is 7. The van der Waals surface area contributed by atoms with Crippen LogP contribution >= 0.6 is 0 Å². The Hall–Kier alpha value is -2.50. The van der Waals surface area contributed by atoms with Crippen LogP contribution in [0, 0.1) is 0 Å². The number of aromatic nitrogens is 2. The molecule has 1 saturated heterocycles. The highest BCUT2D eigenvalue weighted by Crippen LogP contribution is 2.07. The van der Waals surface area contributed by atoms with Crippen molar-refractivity contribution in [2.24, 2.45) is 4.99 Å². The summed E-state index contributed by atoms with van der Waals surface area (Å²) in [4.78, 5) is 12.8. The van der Waals surface area contributed by atoms with Crippen molar-refractivity contribution in [3.63, 3.8) is 0 Å². The Morgan fingerprint density at radius 1 is 1.25 bits per heavy atom. The first kappa shape index (κ1) is 20.2. The number of nitrogens with one attached hydrogen (secondary N) is 2. The zero-order valence-electron chi connectivity index (χ0n) is 15.8. The topological polar surface area (TPSA) is 116 Å². The van der Waals surface area contributed by atoms with Crippen LogP contribution in [-0.2, 0) is 16.6 Å². The number of sulfonamides is 1. The average molecular weight is 408 g/mol. The van der Waals surface area contributed by atoms with Crippen LogP contribution in [-0.4, -0.2) is 80.6 Å². The van der Waals surface area contributed by atoms with Crippen molar-refractivity contribution in [2.75, 3.05) is 46.3 Å². The van der Waals surface area contributed by atoms with E-state index < -0.39 is 10.0 Å². The van der Waals surface area contributed by atoms with Gasteiger partial charge in [-0.2, -0.15) is 0 Å². The highest BCUT2D eigenvalue weighted by molar-refractivity contribution is 7.89. The van der Waals surface area contributed by atoms with E-state index in [0.717, 1.165) is 44.4 Å². The molecule has 11 heteroatoms.